The van der Waals surface area contributed by atoms with Gasteiger partial charge in [0.1, 0.15) is 0 Å². The highest BCUT2D eigenvalue weighted by molar-refractivity contribution is 5.77. The molecule has 0 aliphatic rings. The molecule has 0 saturated carbocycles. The number of hydrogen-bond donors (Lipinski definition) is 2. The van der Waals surface area contributed by atoms with Gasteiger partial charge in [0.05, 0.1) is 13.0 Å². The van der Waals surface area contributed by atoms with Gasteiger partial charge >= 0.3 is 5.97 Å². The predicted molar refractivity (Wildman–Crippen MR) is 55.6 cm³/mol. The molecule has 0 aromatic carbocycles. The topological polar surface area (TPSA) is 75.6 Å². The second-order valence-corrected chi connectivity index (χ2v) is 3.39. The van der Waals surface area contributed by atoms with Gasteiger partial charge < -0.3 is 15.2 Å². The molecule has 0 aliphatic heterocycles. The van der Waals surface area contributed by atoms with Crippen molar-refractivity contribution >= 4 is 11.9 Å². The van der Waals surface area contributed by atoms with Gasteiger partial charge in [-0.2, -0.15) is 0 Å². The first-order chi connectivity index (χ1) is 7.10. The lowest BCUT2D eigenvalue weighted by Crippen LogP contribution is -2.36. The molecule has 0 bridgehead atoms. The highest BCUT2D eigenvalue weighted by Crippen LogP contribution is 2.02. The molecule has 1 amide bonds. The van der Waals surface area contributed by atoms with E-state index in [0.29, 0.717) is 13.0 Å². The third-order valence-corrected chi connectivity index (χ3v) is 1.96. The van der Waals surface area contributed by atoms with Gasteiger partial charge in [-0.1, -0.05) is 13.3 Å². The van der Waals surface area contributed by atoms with Crippen molar-refractivity contribution in [3.8, 4) is 0 Å². The fraction of sp³-hybridized carbons (Fsp3) is 0.800. The largest absolute Gasteiger partial charge is 0.481 e. The number of carbonyl (C=O) groups excluding carboxylic acids is 1. The summed E-state index contributed by atoms with van der Waals surface area (Å²) in [6.07, 6.45) is 1.79. The van der Waals surface area contributed by atoms with E-state index in [1.807, 2.05) is 6.92 Å². The first kappa shape index (κ1) is 13.9. The lowest BCUT2D eigenvalue weighted by atomic mass is 10.1. The molecule has 1 unspecified atom stereocenters. The Hall–Kier alpha value is -1.10. The Balaban J connectivity index is 3.92. The highest BCUT2D eigenvalue weighted by Gasteiger charge is 2.14. The lowest BCUT2D eigenvalue weighted by Gasteiger charge is -2.15. The molecule has 0 saturated heterocycles. The first-order valence-corrected chi connectivity index (χ1v) is 5.10. The number of amides is 1. The summed E-state index contributed by atoms with van der Waals surface area (Å²) >= 11 is 0. The molecule has 5 nitrogen and oxygen atoms in total. The number of rotatable bonds is 8. The average molecular weight is 217 g/mol. The second kappa shape index (κ2) is 8.23. The molecule has 0 aromatic heterocycles. The summed E-state index contributed by atoms with van der Waals surface area (Å²) in [5, 5.41) is 11.3. The SMILES string of the molecule is CCCC(CC(=O)O)NC(=O)CCOC. The number of methoxy groups -OCH3 is 1. The van der Waals surface area contributed by atoms with Crippen LogP contribution in [0.1, 0.15) is 32.6 Å². The van der Waals surface area contributed by atoms with Crippen molar-refractivity contribution in [1.29, 1.82) is 0 Å². The van der Waals surface area contributed by atoms with Crippen molar-refractivity contribution in [2.45, 2.75) is 38.6 Å². The van der Waals surface area contributed by atoms with Crippen LogP contribution >= 0.6 is 0 Å². The van der Waals surface area contributed by atoms with E-state index in [9.17, 15) is 9.59 Å². The maximum atomic E-state index is 11.3. The van der Waals surface area contributed by atoms with E-state index in [-0.39, 0.29) is 24.8 Å². The Morgan fingerprint density at radius 2 is 2.13 bits per heavy atom. The molecular weight excluding hydrogens is 198 g/mol. The van der Waals surface area contributed by atoms with Crippen molar-refractivity contribution in [1.82, 2.24) is 5.32 Å². The van der Waals surface area contributed by atoms with E-state index in [4.69, 9.17) is 9.84 Å². The van der Waals surface area contributed by atoms with Gasteiger partial charge in [0.2, 0.25) is 5.91 Å². The van der Waals surface area contributed by atoms with E-state index >= 15 is 0 Å². The summed E-state index contributed by atoms with van der Waals surface area (Å²) in [6, 6.07) is -0.267. The van der Waals surface area contributed by atoms with E-state index in [1.165, 1.54) is 7.11 Å². The minimum Gasteiger partial charge on any atom is -0.481 e. The first-order valence-electron chi connectivity index (χ1n) is 5.10. The molecule has 0 rings (SSSR count). The van der Waals surface area contributed by atoms with Crippen LogP contribution in [-0.2, 0) is 14.3 Å². The Bertz CT molecular complexity index is 206. The number of ether oxygens (including phenoxy) is 1. The number of aliphatic carboxylic acids is 1. The standard InChI is InChI=1S/C10H19NO4/c1-3-4-8(7-10(13)14)11-9(12)5-6-15-2/h8H,3-7H2,1-2H3,(H,11,12)(H,13,14). The van der Waals surface area contributed by atoms with Crippen LogP contribution in [0.4, 0.5) is 0 Å². The third kappa shape index (κ3) is 7.93. The molecule has 0 aliphatic carbocycles. The van der Waals surface area contributed by atoms with Gasteiger partial charge in [-0.25, -0.2) is 0 Å². The molecule has 5 heteroatoms. The van der Waals surface area contributed by atoms with Crippen molar-refractivity contribution in [2.75, 3.05) is 13.7 Å². The normalized spacial score (nSPS) is 12.1. The molecular formula is C10H19NO4. The fourth-order valence-electron chi connectivity index (χ4n) is 1.28. The fourth-order valence-corrected chi connectivity index (χ4v) is 1.28. The zero-order valence-corrected chi connectivity index (χ0v) is 9.28. The molecule has 0 fully saturated rings. The van der Waals surface area contributed by atoms with Crippen molar-refractivity contribution in [2.24, 2.45) is 0 Å². The zero-order valence-electron chi connectivity index (χ0n) is 9.28. The minimum atomic E-state index is -0.888. The van der Waals surface area contributed by atoms with Crippen molar-refractivity contribution < 1.29 is 19.4 Å². The number of nitrogens with one attached hydrogen (secondary N) is 1. The van der Waals surface area contributed by atoms with Crippen LogP contribution in [0, 0.1) is 0 Å². The molecule has 0 aromatic rings. The molecule has 2 N–H and O–H groups in total. The van der Waals surface area contributed by atoms with Crippen LogP contribution in [0.25, 0.3) is 0 Å². The van der Waals surface area contributed by atoms with Crippen LogP contribution in [0.2, 0.25) is 0 Å². The molecule has 0 heterocycles. The van der Waals surface area contributed by atoms with E-state index in [2.05, 4.69) is 5.32 Å². The van der Waals surface area contributed by atoms with Crippen molar-refractivity contribution in [3.05, 3.63) is 0 Å². The van der Waals surface area contributed by atoms with Gasteiger partial charge in [0.15, 0.2) is 0 Å². The number of hydrogen-bond acceptors (Lipinski definition) is 3. The lowest BCUT2D eigenvalue weighted by molar-refractivity contribution is -0.137. The summed E-state index contributed by atoms with van der Waals surface area (Å²) in [5.41, 5.74) is 0. The number of carboxylic acid groups (broad SMARTS) is 1. The Morgan fingerprint density at radius 1 is 1.47 bits per heavy atom. The Morgan fingerprint density at radius 3 is 2.60 bits per heavy atom. The molecule has 88 valence electrons. The summed E-state index contributed by atoms with van der Waals surface area (Å²) in [5.74, 6) is -1.04. The quantitative estimate of drug-likeness (QED) is 0.630. The summed E-state index contributed by atoms with van der Waals surface area (Å²) in [4.78, 5) is 21.8. The molecule has 15 heavy (non-hydrogen) atoms. The molecule has 1 atom stereocenters. The van der Waals surface area contributed by atoms with Crippen LogP contribution < -0.4 is 5.32 Å². The van der Waals surface area contributed by atoms with Gasteiger partial charge in [0.25, 0.3) is 0 Å². The van der Waals surface area contributed by atoms with Crippen LogP contribution in [0.15, 0.2) is 0 Å². The minimum absolute atomic E-state index is 0.0213. The monoisotopic (exact) mass is 217 g/mol. The number of carbonyl (C=O) groups is 2. The smallest absolute Gasteiger partial charge is 0.305 e. The van der Waals surface area contributed by atoms with Crippen molar-refractivity contribution in [3.63, 3.8) is 0 Å². The third-order valence-electron chi connectivity index (χ3n) is 1.96. The zero-order chi connectivity index (χ0) is 11.7. The second-order valence-electron chi connectivity index (χ2n) is 3.39. The van der Waals surface area contributed by atoms with Gasteiger partial charge in [-0.3, -0.25) is 9.59 Å². The predicted octanol–water partition coefficient (Wildman–Crippen LogP) is 0.782. The van der Waals surface area contributed by atoms with Gasteiger partial charge in [0, 0.05) is 19.6 Å². The van der Waals surface area contributed by atoms with Crippen LogP contribution in [-0.4, -0.2) is 36.7 Å². The Labute approximate surface area is 89.8 Å². The summed E-state index contributed by atoms with van der Waals surface area (Å²) in [6.45, 7) is 2.31. The molecule has 0 spiro atoms. The van der Waals surface area contributed by atoms with E-state index < -0.39 is 5.97 Å². The van der Waals surface area contributed by atoms with E-state index in [0.717, 1.165) is 6.42 Å². The van der Waals surface area contributed by atoms with Crippen LogP contribution in [0.3, 0.4) is 0 Å². The number of carboxylic acids is 1. The van der Waals surface area contributed by atoms with Gasteiger partial charge in [-0.15, -0.1) is 0 Å². The maximum absolute atomic E-state index is 11.3. The summed E-state index contributed by atoms with van der Waals surface area (Å²) in [7, 11) is 1.52. The Kier molecular flexibility index (Phi) is 7.62. The van der Waals surface area contributed by atoms with E-state index in [1.54, 1.807) is 0 Å². The maximum Gasteiger partial charge on any atom is 0.305 e. The average Bonchev–Trinajstić information content (AvgIpc) is 2.14. The van der Waals surface area contributed by atoms with Crippen LogP contribution in [0.5, 0.6) is 0 Å². The van der Waals surface area contributed by atoms with Gasteiger partial charge in [-0.05, 0) is 6.42 Å². The molecule has 0 radical (unpaired) electrons. The highest BCUT2D eigenvalue weighted by atomic mass is 16.5. The summed E-state index contributed by atoms with van der Waals surface area (Å²) < 4.78 is 4.76.